The zero-order chi connectivity index (χ0) is 57.0. The molecule has 0 aromatic carbocycles. The Balaban J connectivity index is 2.21. The number of carboxylic acid groups (broad SMARTS) is 3. The van der Waals surface area contributed by atoms with Crippen molar-refractivity contribution >= 4 is 99.2 Å². The molecule has 0 saturated carbocycles. The van der Waals surface area contributed by atoms with Gasteiger partial charge in [0, 0.05) is 51.1 Å². The first kappa shape index (κ1) is 64.2. The van der Waals surface area contributed by atoms with Crippen LogP contribution in [0.3, 0.4) is 0 Å². The molecule has 2 amide bonds. The molecule has 27 nitrogen and oxygen atoms in total. The highest BCUT2D eigenvalue weighted by molar-refractivity contribution is 8.23. The van der Waals surface area contributed by atoms with Crippen LogP contribution in [0.1, 0.15) is 81.1 Å². The second-order valence-corrected chi connectivity index (χ2v) is 21.3. The van der Waals surface area contributed by atoms with E-state index in [9.17, 15) is 78.9 Å². The fourth-order valence-electron chi connectivity index (χ4n) is 8.27. The highest BCUT2D eigenvalue weighted by atomic mass is 32.2. The van der Waals surface area contributed by atoms with Crippen molar-refractivity contribution in [2.75, 3.05) is 25.2 Å². The van der Waals surface area contributed by atoms with Gasteiger partial charge in [-0.3, -0.25) is 29.4 Å². The van der Waals surface area contributed by atoms with Crippen molar-refractivity contribution in [2.24, 2.45) is 5.92 Å². The minimum atomic E-state index is -3.18. The largest absolute Gasteiger partial charge is 0.508 e. The number of aliphatic carboxylic acids is 3. The van der Waals surface area contributed by atoms with E-state index in [0.717, 1.165) is 32.5 Å². The van der Waals surface area contributed by atoms with Crippen LogP contribution < -0.4 is 16.0 Å². The van der Waals surface area contributed by atoms with Crippen LogP contribution in [0.25, 0.3) is 0 Å². The van der Waals surface area contributed by atoms with Gasteiger partial charge in [0.1, 0.15) is 76.6 Å². The van der Waals surface area contributed by atoms with Crippen molar-refractivity contribution in [1.82, 2.24) is 16.0 Å². The maximum atomic E-state index is 14.7. The molecule has 16 atom stereocenters. The van der Waals surface area contributed by atoms with Gasteiger partial charge in [0.25, 0.3) is 0 Å². The van der Waals surface area contributed by atoms with Crippen molar-refractivity contribution in [2.45, 2.75) is 171 Å². The van der Waals surface area contributed by atoms with E-state index in [1.54, 1.807) is 20.8 Å². The molecule has 16 unspecified atom stereocenters. The molecular weight excluding hydrogens is 1060 g/mol. The van der Waals surface area contributed by atoms with Crippen LogP contribution in [0, 0.1) is 11.3 Å². The summed E-state index contributed by atoms with van der Waals surface area (Å²) in [6.45, 7) is 9.98. The van der Waals surface area contributed by atoms with Gasteiger partial charge in [0.05, 0.1) is 24.5 Å². The van der Waals surface area contributed by atoms with Crippen molar-refractivity contribution in [3.05, 3.63) is 11.3 Å². The van der Waals surface area contributed by atoms with Crippen molar-refractivity contribution in [3.8, 4) is 0 Å². The van der Waals surface area contributed by atoms with Crippen LogP contribution in [0.4, 0.5) is 0 Å². The first-order valence-electron chi connectivity index (χ1n) is 23.3. The molecule has 3 rings (SSSR count). The number of methoxy groups -OCH3 is 1. The lowest BCUT2D eigenvalue weighted by Crippen LogP contribution is -2.70. The fourth-order valence-corrected chi connectivity index (χ4v) is 10.5. The van der Waals surface area contributed by atoms with E-state index in [2.05, 4.69) is 16.0 Å². The average Bonchev–Trinajstić information content (AvgIpc) is 3.31. The SMILES string of the molecule is CCC(C)C(=O)OC(C)C1(O)C(C)OC(OC2C(O)C(C3(O)CC(=O)C(=N)C(C(=O)O)=C3O)OC(COC(C)=O)C2OC(=O)C(CC(C)SCC(NC(C)=O)C(=O)O)NC(=S)SCC(NC(C)=O)C(=O)O)CC1OC. The first-order chi connectivity index (χ1) is 34.8. The van der Waals surface area contributed by atoms with Crippen molar-refractivity contribution < 1.29 is 112 Å². The molecule has 0 aromatic rings. The highest BCUT2D eigenvalue weighted by Gasteiger charge is 2.62. The minimum absolute atomic E-state index is 0.218. The van der Waals surface area contributed by atoms with E-state index in [1.165, 1.54) is 21.0 Å². The molecule has 0 aromatic heterocycles. The average molecular weight is 1130 g/mol. The topological polar surface area (TPSA) is 420 Å². The molecule has 11 N–H and O–H groups in total. The van der Waals surface area contributed by atoms with Gasteiger partial charge in [-0.2, -0.15) is 11.8 Å². The van der Waals surface area contributed by atoms with Gasteiger partial charge in [0.2, 0.25) is 11.8 Å². The number of thioether (sulfide) groups is 2. The zero-order valence-corrected chi connectivity index (χ0v) is 44.9. The van der Waals surface area contributed by atoms with Crippen LogP contribution in [-0.2, 0) is 76.3 Å². The molecule has 422 valence electrons. The quantitative estimate of drug-likeness (QED) is 0.0300. The number of hydrogen-bond acceptors (Lipinski definition) is 24. The van der Waals surface area contributed by atoms with E-state index in [4.69, 9.17) is 50.8 Å². The minimum Gasteiger partial charge on any atom is -0.508 e. The Hall–Kier alpha value is -5.05. The van der Waals surface area contributed by atoms with Gasteiger partial charge in [-0.05, 0) is 26.7 Å². The number of aliphatic hydroxyl groups excluding tert-OH is 2. The van der Waals surface area contributed by atoms with Gasteiger partial charge in [-0.15, -0.1) is 0 Å². The first-order valence-corrected chi connectivity index (χ1v) is 25.8. The standard InChI is InChI=1S/C45H66N4O23S3/c1-10-17(2)41(62)69-20(5)45(65)19(4)68-30(12-29(45)66-9)71-35-33(54)37(44(64)13-27(53)32(46)31(36(44)55)40(60)61)70-28(14-67-23(8)52)34(35)72-42(63)24(11-18(3)74-15-25(38(56)57)47-21(6)50)49-43(73)75-16-26(39(58)59)48-22(7)51/h17-20,24-26,28-30,33-35,37,46,54-55,64-65H,10-16H2,1-9H3,(H,47,50)(H,48,51)(H,49,73)(H,56,57)(H,58,59)(H,60,61). The number of nitrogens with one attached hydrogen (secondary N) is 4. The van der Waals surface area contributed by atoms with Crippen LogP contribution in [0.2, 0.25) is 0 Å². The number of aliphatic hydroxyl groups is 4. The normalized spacial score (nSPS) is 29.3. The number of carbonyl (C=O) groups is 9. The van der Waals surface area contributed by atoms with E-state index >= 15 is 0 Å². The Morgan fingerprint density at radius 1 is 0.893 bits per heavy atom. The summed E-state index contributed by atoms with van der Waals surface area (Å²) in [6.07, 6.45) is -17.8. The smallest absolute Gasteiger partial charge is 0.341 e. The summed E-state index contributed by atoms with van der Waals surface area (Å²) in [6, 6.07) is -4.41. The third-order valence-corrected chi connectivity index (χ3v) is 15.2. The molecular formula is C45H66N4O23S3. The number of ether oxygens (including phenoxy) is 7. The van der Waals surface area contributed by atoms with Crippen LogP contribution in [0.15, 0.2) is 11.3 Å². The molecule has 0 radical (unpaired) electrons. The van der Waals surface area contributed by atoms with Gasteiger partial charge in [-0.1, -0.05) is 44.8 Å². The van der Waals surface area contributed by atoms with Crippen LogP contribution in [-0.4, -0.2) is 214 Å². The summed E-state index contributed by atoms with van der Waals surface area (Å²) in [7, 11) is 1.22. The van der Waals surface area contributed by atoms with Crippen molar-refractivity contribution in [3.63, 3.8) is 0 Å². The summed E-state index contributed by atoms with van der Waals surface area (Å²) in [4.78, 5) is 113. The van der Waals surface area contributed by atoms with Gasteiger partial charge in [-0.25, -0.2) is 19.2 Å². The number of rotatable bonds is 25. The summed E-state index contributed by atoms with van der Waals surface area (Å²) in [5.74, 6) is -12.9. The Morgan fingerprint density at radius 2 is 1.48 bits per heavy atom. The Morgan fingerprint density at radius 3 is 2.00 bits per heavy atom. The third-order valence-electron chi connectivity index (χ3n) is 12.6. The van der Waals surface area contributed by atoms with E-state index in [0.29, 0.717) is 18.2 Å². The van der Waals surface area contributed by atoms with Crippen molar-refractivity contribution in [1.29, 1.82) is 5.41 Å². The Bertz CT molecular complexity index is 2220. The lowest BCUT2D eigenvalue weighted by Gasteiger charge is -2.52. The number of hydrogen-bond donors (Lipinski definition) is 11. The van der Waals surface area contributed by atoms with E-state index in [-0.39, 0.29) is 22.2 Å². The summed E-state index contributed by atoms with van der Waals surface area (Å²) in [5, 5.41) is 91.8. The monoisotopic (exact) mass is 1130 g/mol. The lowest BCUT2D eigenvalue weighted by atomic mass is 9.74. The van der Waals surface area contributed by atoms with Gasteiger partial charge >= 0.3 is 35.8 Å². The number of carbonyl (C=O) groups excluding carboxylic acids is 6. The molecule has 30 heteroatoms. The van der Waals surface area contributed by atoms with Crippen LogP contribution >= 0.6 is 35.7 Å². The highest BCUT2D eigenvalue weighted by Crippen LogP contribution is 2.43. The maximum absolute atomic E-state index is 14.7. The fraction of sp³-hybridized carbons (Fsp3) is 0.711. The molecule has 2 heterocycles. The van der Waals surface area contributed by atoms with Gasteiger partial charge in [0.15, 0.2) is 29.4 Å². The van der Waals surface area contributed by atoms with E-state index in [1.807, 2.05) is 0 Å². The predicted molar refractivity (Wildman–Crippen MR) is 264 cm³/mol. The number of amides is 2. The molecule has 1 aliphatic carbocycles. The Kier molecular flexibility index (Phi) is 23.8. The molecule has 3 aliphatic rings. The number of ketones is 1. The second kappa shape index (κ2) is 27.8. The Labute approximate surface area is 444 Å². The van der Waals surface area contributed by atoms with Crippen LogP contribution in [0.5, 0.6) is 0 Å². The molecule has 0 bridgehead atoms. The predicted octanol–water partition coefficient (Wildman–Crippen LogP) is -0.879. The molecule has 75 heavy (non-hydrogen) atoms. The molecule has 2 saturated heterocycles. The zero-order valence-electron chi connectivity index (χ0n) is 42.4. The third kappa shape index (κ3) is 16.5. The lowest BCUT2D eigenvalue weighted by molar-refractivity contribution is -0.345. The number of carboxylic acids is 3. The number of Topliss-reactive ketones (excluding diaryl/α,β-unsaturated/α-hetero) is 1. The maximum Gasteiger partial charge on any atom is 0.341 e. The summed E-state index contributed by atoms with van der Waals surface area (Å²) >= 11 is 7.14. The number of thiocarbonyl (C=S) groups is 1. The van der Waals surface area contributed by atoms with Gasteiger partial charge < -0.3 is 84.9 Å². The summed E-state index contributed by atoms with van der Waals surface area (Å²) in [5.41, 5.74) is -7.81. The second-order valence-electron chi connectivity index (χ2n) is 18.1. The molecule has 2 fully saturated rings. The molecule has 0 spiro atoms. The number of esters is 3. The summed E-state index contributed by atoms with van der Waals surface area (Å²) < 4.78 is 40.9. The van der Waals surface area contributed by atoms with E-state index < -0.39 is 186 Å². The molecule has 2 aliphatic heterocycles.